The smallest absolute Gasteiger partial charge is 0.188 e. The van der Waals surface area contributed by atoms with E-state index in [9.17, 15) is 4.79 Å². The predicted octanol–water partition coefficient (Wildman–Crippen LogP) is 2.92. The maximum absolute atomic E-state index is 11.9. The molecule has 0 saturated carbocycles. The van der Waals surface area contributed by atoms with Crippen molar-refractivity contribution in [2.45, 2.75) is 27.2 Å². The number of hydrogen-bond acceptors (Lipinski definition) is 3. The third-order valence-electron chi connectivity index (χ3n) is 2.62. The fourth-order valence-electron chi connectivity index (χ4n) is 1.70. The van der Waals surface area contributed by atoms with Crippen LogP contribution in [0.5, 0.6) is 5.75 Å². The van der Waals surface area contributed by atoms with Gasteiger partial charge in [-0.15, -0.1) is 0 Å². The van der Waals surface area contributed by atoms with Gasteiger partial charge in [0, 0.05) is 12.2 Å². The van der Waals surface area contributed by atoms with E-state index in [-0.39, 0.29) is 12.4 Å². The Morgan fingerprint density at radius 2 is 1.94 bits per heavy atom. The van der Waals surface area contributed by atoms with Gasteiger partial charge in [-0.3, -0.25) is 4.79 Å². The summed E-state index contributed by atoms with van der Waals surface area (Å²) in [4.78, 5) is 11.9. The van der Waals surface area contributed by atoms with Crippen LogP contribution in [0.3, 0.4) is 0 Å². The average molecular weight is 236 g/mol. The number of carbonyl (C=O) groups excluding carboxylic acids is 1. The molecule has 0 N–H and O–H groups in total. The minimum Gasteiger partial charge on any atom is -0.496 e. The summed E-state index contributed by atoms with van der Waals surface area (Å²) in [6, 6.07) is 3.76. The Bertz CT molecular complexity index is 397. The Morgan fingerprint density at radius 3 is 2.53 bits per heavy atom. The number of hydrogen-bond donors (Lipinski definition) is 0. The maximum Gasteiger partial charge on any atom is 0.188 e. The van der Waals surface area contributed by atoms with Gasteiger partial charge in [-0.05, 0) is 43.5 Å². The van der Waals surface area contributed by atoms with Crippen LogP contribution in [-0.2, 0) is 4.74 Å². The maximum atomic E-state index is 11.9. The third kappa shape index (κ3) is 3.56. The van der Waals surface area contributed by atoms with Crippen LogP contribution < -0.4 is 4.74 Å². The molecular weight excluding hydrogens is 216 g/mol. The Balaban J connectivity index is 2.83. The molecule has 3 heteroatoms. The molecule has 17 heavy (non-hydrogen) atoms. The Kier molecular flexibility index (Phi) is 5.16. The molecule has 1 rings (SSSR count). The molecule has 0 heterocycles. The molecule has 0 saturated heterocycles. The highest BCUT2D eigenvalue weighted by Crippen LogP contribution is 2.22. The molecule has 0 spiro atoms. The molecule has 0 aliphatic rings. The fourth-order valence-corrected chi connectivity index (χ4v) is 1.70. The first-order valence-electron chi connectivity index (χ1n) is 5.86. The molecule has 1 aromatic carbocycles. The van der Waals surface area contributed by atoms with Gasteiger partial charge in [0.25, 0.3) is 0 Å². The zero-order chi connectivity index (χ0) is 12.8. The van der Waals surface area contributed by atoms with Gasteiger partial charge >= 0.3 is 0 Å². The van der Waals surface area contributed by atoms with Crippen molar-refractivity contribution in [1.29, 1.82) is 0 Å². The number of benzene rings is 1. The first-order chi connectivity index (χ1) is 8.10. The highest BCUT2D eigenvalue weighted by molar-refractivity contribution is 5.98. The molecule has 0 aromatic heterocycles. The zero-order valence-electron chi connectivity index (χ0n) is 11.0. The van der Waals surface area contributed by atoms with Crippen LogP contribution in [0.15, 0.2) is 12.1 Å². The van der Waals surface area contributed by atoms with Gasteiger partial charge < -0.3 is 9.47 Å². The second-order valence-corrected chi connectivity index (χ2v) is 4.11. The molecule has 0 radical (unpaired) electrons. The number of Topliss-reactive ketones (excluding diaryl/α,β-unsaturated/α-hetero) is 1. The van der Waals surface area contributed by atoms with E-state index in [4.69, 9.17) is 9.47 Å². The molecule has 0 amide bonds. The summed E-state index contributed by atoms with van der Waals surface area (Å²) in [7, 11) is 1.63. The van der Waals surface area contributed by atoms with E-state index in [1.165, 1.54) is 0 Å². The first-order valence-corrected chi connectivity index (χ1v) is 5.86. The van der Waals surface area contributed by atoms with E-state index < -0.39 is 0 Å². The predicted molar refractivity (Wildman–Crippen MR) is 67.9 cm³/mol. The molecule has 0 aliphatic carbocycles. The van der Waals surface area contributed by atoms with Crippen LogP contribution in [0, 0.1) is 13.8 Å². The third-order valence-corrected chi connectivity index (χ3v) is 2.62. The molecule has 3 nitrogen and oxygen atoms in total. The summed E-state index contributed by atoms with van der Waals surface area (Å²) in [6.45, 7) is 6.64. The summed E-state index contributed by atoms with van der Waals surface area (Å²) in [5.41, 5.74) is 2.62. The number of rotatable bonds is 6. The molecule has 0 atom stereocenters. The Labute approximate surface area is 103 Å². The van der Waals surface area contributed by atoms with Gasteiger partial charge in [-0.1, -0.05) is 6.92 Å². The number of aryl methyl sites for hydroxylation is 2. The lowest BCUT2D eigenvalue weighted by molar-refractivity contribution is 0.0760. The first kappa shape index (κ1) is 13.7. The van der Waals surface area contributed by atoms with Crippen molar-refractivity contribution in [1.82, 2.24) is 0 Å². The highest BCUT2D eigenvalue weighted by atomic mass is 16.5. The van der Waals surface area contributed by atoms with Crippen LogP contribution in [0.4, 0.5) is 0 Å². The summed E-state index contributed by atoms with van der Waals surface area (Å²) >= 11 is 0. The van der Waals surface area contributed by atoms with E-state index in [0.717, 1.165) is 28.9 Å². The van der Waals surface area contributed by atoms with E-state index >= 15 is 0 Å². The largest absolute Gasteiger partial charge is 0.496 e. The minimum atomic E-state index is 0.0294. The van der Waals surface area contributed by atoms with Crippen molar-refractivity contribution in [2.24, 2.45) is 0 Å². The standard InChI is InChI=1S/C14H20O3/c1-5-6-17-9-13(15)12-7-11(3)14(16-4)8-10(12)2/h7-8H,5-6,9H2,1-4H3. The highest BCUT2D eigenvalue weighted by Gasteiger charge is 2.12. The summed E-state index contributed by atoms with van der Waals surface area (Å²) < 4.78 is 10.5. The zero-order valence-corrected chi connectivity index (χ0v) is 11.0. The van der Waals surface area contributed by atoms with E-state index in [2.05, 4.69) is 0 Å². The number of methoxy groups -OCH3 is 1. The van der Waals surface area contributed by atoms with Crippen LogP contribution in [-0.4, -0.2) is 26.1 Å². The van der Waals surface area contributed by atoms with Crippen LogP contribution in [0.1, 0.15) is 34.8 Å². The number of carbonyl (C=O) groups is 1. The molecular formula is C14H20O3. The second-order valence-electron chi connectivity index (χ2n) is 4.11. The fraction of sp³-hybridized carbons (Fsp3) is 0.500. The van der Waals surface area contributed by atoms with Gasteiger partial charge in [-0.25, -0.2) is 0 Å². The second kappa shape index (κ2) is 6.40. The SMILES string of the molecule is CCCOCC(=O)c1cc(C)c(OC)cc1C. The lowest BCUT2D eigenvalue weighted by atomic mass is 10.0. The Hall–Kier alpha value is -1.35. The van der Waals surface area contributed by atoms with Gasteiger partial charge in [0.15, 0.2) is 5.78 Å². The van der Waals surface area contributed by atoms with E-state index in [1.54, 1.807) is 7.11 Å². The molecule has 0 aliphatic heterocycles. The van der Waals surface area contributed by atoms with Gasteiger partial charge in [-0.2, -0.15) is 0 Å². The van der Waals surface area contributed by atoms with Crippen molar-refractivity contribution in [3.05, 3.63) is 28.8 Å². The number of ether oxygens (including phenoxy) is 2. The molecule has 94 valence electrons. The van der Waals surface area contributed by atoms with Gasteiger partial charge in [0.1, 0.15) is 12.4 Å². The van der Waals surface area contributed by atoms with Crippen molar-refractivity contribution in [3.8, 4) is 5.75 Å². The van der Waals surface area contributed by atoms with Gasteiger partial charge in [0.2, 0.25) is 0 Å². The molecule has 0 bridgehead atoms. The van der Waals surface area contributed by atoms with Crippen molar-refractivity contribution >= 4 is 5.78 Å². The summed E-state index contributed by atoms with van der Waals surface area (Å²) in [6.07, 6.45) is 0.925. The van der Waals surface area contributed by atoms with Crippen molar-refractivity contribution in [2.75, 3.05) is 20.3 Å². The normalized spacial score (nSPS) is 10.4. The monoisotopic (exact) mass is 236 g/mol. The molecule has 1 aromatic rings. The van der Waals surface area contributed by atoms with E-state index in [0.29, 0.717) is 6.61 Å². The lowest BCUT2D eigenvalue weighted by Crippen LogP contribution is -2.11. The summed E-state index contributed by atoms with van der Waals surface area (Å²) in [5.74, 6) is 0.843. The molecule has 0 fully saturated rings. The van der Waals surface area contributed by atoms with Crippen LogP contribution in [0.25, 0.3) is 0 Å². The Morgan fingerprint density at radius 1 is 1.24 bits per heavy atom. The van der Waals surface area contributed by atoms with Crippen molar-refractivity contribution in [3.63, 3.8) is 0 Å². The summed E-state index contributed by atoms with van der Waals surface area (Å²) in [5, 5.41) is 0. The van der Waals surface area contributed by atoms with E-state index in [1.807, 2.05) is 32.9 Å². The van der Waals surface area contributed by atoms with Gasteiger partial charge in [0.05, 0.1) is 7.11 Å². The quantitative estimate of drug-likeness (QED) is 0.562. The average Bonchev–Trinajstić information content (AvgIpc) is 2.31. The number of ketones is 1. The van der Waals surface area contributed by atoms with Crippen LogP contribution in [0.2, 0.25) is 0 Å². The van der Waals surface area contributed by atoms with Crippen LogP contribution >= 0.6 is 0 Å². The topological polar surface area (TPSA) is 35.5 Å². The van der Waals surface area contributed by atoms with Crippen molar-refractivity contribution < 1.29 is 14.3 Å². The lowest BCUT2D eigenvalue weighted by Gasteiger charge is -2.10. The minimum absolute atomic E-state index is 0.0294. The molecule has 0 unspecified atom stereocenters.